The smallest absolute Gasteiger partial charge is 0.324 e. The first-order valence-corrected chi connectivity index (χ1v) is 7.07. The van der Waals surface area contributed by atoms with E-state index in [1.165, 1.54) is 0 Å². The Labute approximate surface area is 89.2 Å². The van der Waals surface area contributed by atoms with E-state index < -0.39 is 13.0 Å². The molecule has 0 amide bonds. The van der Waals surface area contributed by atoms with Crippen LogP contribution in [0.1, 0.15) is 33.1 Å². The fourth-order valence-corrected chi connectivity index (χ4v) is 4.94. The molecule has 2 fully saturated rings. The van der Waals surface area contributed by atoms with Gasteiger partial charge < -0.3 is 9.79 Å². The highest BCUT2D eigenvalue weighted by molar-refractivity contribution is 7.51. The number of rotatable bonds is 2. The van der Waals surface area contributed by atoms with Crippen LogP contribution in [0.15, 0.2) is 0 Å². The minimum atomic E-state index is -4.11. The molecule has 2 aliphatic rings. The molecule has 2 saturated carbocycles. The lowest BCUT2D eigenvalue weighted by Crippen LogP contribution is -2.39. The predicted octanol–water partition coefficient (Wildman–Crippen LogP) is 1.56. The van der Waals surface area contributed by atoms with Gasteiger partial charge in [-0.05, 0) is 24.2 Å². The zero-order valence-electron chi connectivity index (χ0n) is 9.06. The van der Waals surface area contributed by atoms with Gasteiger partial charge in [-0.15, -0.1) is 0 Å². The van der Waals surface area contributed by atoms with Crippen molar-refractivity contribution in [1.82, 2.24) is 0 Å². The van der Waals surface area contributed by atoms with Gasteiger partial charge >= 0.3 is 7.60 Å². The van der Waals surface area contributed by atoms with Crippen molar-refractivity contribution < 1.29 is 19.1 Å². The Balaban J connectivity index is 2.40. The molecule has 2 aliphatic carbocycles. The Hall–Kier alpha value is -0.180. The van der Waals surface area contributed by atoms with Crippen molar-refractivity contribution in [2.45, 2.75) is 33.1 Å². The summed E-state index contributed by atoms with van der Waals surface area (Å²) in [5, 5.41) is 0. The molecule has 4 nitrogen and oxygen atoms in total. The Bertz CT molecular complexity index is 356. The second kappa shape index (κ2) is 2.93. The number of hydrogen-bond acceptors (Lipinski definition) is 2. The maximum Gasteiger partial charge on any atom is 0.326 e. The van der Waals surface area contributed by atoms with E-state index in [1.807, 2.05) is 13.8 Å². The predicted molar refractivity (Wildman–Crippen MR) is 55.5 cm³/mol. The van der Waals surface area contributed by atoms with Gasteiger partial charge in [0.25, 0.3) is 0 Å². The first-order chi connectivity index (χ1) is 6.69. The van der Waals surface area contributed by atoms with Gasteiger partial charge in [0, 0.05) is 11.8 Å². The highest BCUT2D eigenvalue weighted by Gasteiger charge is 2.65. The van der Waals surface area contributed by atoms with Crippen LogP contribution >= 0.6 is 7.60 Å². The summed E-state index contributed by atoms with van der Waals surface area (Å²) in [7, 11) is -4.11. The van der Waals surface area contributed by atoms with Crippen LogP contribution in [0.4, 0.5) is 0 Å². The van der Waals surface area contributed by atoms with E-state index >= 15 is 0 Å². The molecule has 0 heterocycles. The zero-order chi connectivity index (χ0) is 11.5. The van der Waals surface area contributed by atoms with Gasteiger partial charge in [-0.3, -0.25) is 9.36 Å². The quantitative estimate of drug-likeness (QED) is 0.708. The summed E-state index contributed by atoms with van der Waals surface area (Å²) >= 11 is 0. The van der Waals surface area contributed by atoms with Crippen molar-refractivity contribution >= 4 is 13.4 Å². The molecule has 15 heavy (non-hydrogen) atoms. The van der Waals surface area contributed by atoms with E-state index in [4.69, 9.17) is 9.79 Å². The van der Waals surface area contributed by atoms with Gasteiger partial charge in [0.05, 0.1) is 6.16 Å². The monoisotopic (exact) mass is 232 g/mol. The van der Waals surface area contributed by atoms with Gasteiger partial charge in [0.2, 0.25) is 0 Å². The molecule has 0 saturated heterocycles. The lowest BCUT2D eigenvalue weighted by atomic mass is 9.70. The summed E-state index contributed by atoms with van der Waals surface area (Å²) in [4.78, 5) is 30.1. The average molecular weight is 232 g/mol. The molecule has 2 rings (SSSR count). The fourth-order valence-electron chi connectivity index (χ4n) is 3.49. The molecule has 0 spiro atoms. The third-order valence-electron chi connectivity index (χ3n) is 4.62. The minimum absolute atomic E-state index is 0.0621. The second-order valence-electron chi connectivity index (χ2n) is 5.49. The SMILES string of the molecule is CC1(C)C2CCC1(CP(=O)(O)O)C(=O)C2. The summed E-state index contributed by atoms with van der Waals surface area (Å²) in [6.45, 7) is 3.95. The summed E-state index contributed by atoms with van der Waals surface area (Å²) in [5.41, 5.74) is -0.998. The van der Waals surface area contributed by atoms with Crippen LogP contribution in [0, 0.1) is 16.7 Å². The van der Waals surface area contributed by atoms with Crippen LogP contribution in [-0.2, 0) is 9.36 Å². The second-order valence-corrected chi connectivity index (χ2v) is 7.14. The molecule has 2 atom stereocenters. The lowest BCUT2D eigenvalue weighted by molar-refractivity contribution is -0.128. The topological polar surface area (TPSA) is 74.6 Å². The molecule has 0 aromatic rings. The van der Waals surface area contributed by atoms with Crippen LogP contribution in [-0.4, -0.2) is 21.7 Å². The highest BCUT2D eigenvalue weighted by atomic mass is 31.2. The number of carbonyl (C=O) groups is 1. The van der Waals surface area contributed by atoms with Gasteiger partial charge in [-0.2, -0.15) is 0 Å². The van der Waals surface area contributed by atoms with E-state index in [9.17, 15) is 9.36 Å². The summed E-state index contributed by atoms with van der Waals surface area (Å²) in [6, 6.07) is 0. The largest absolute Gasteiger partial charge is 0.326 e. The first kappa shape index (κ1) is 11.3. The van der Waals surface area contributed by atoms with Crippen molar-refractivity contribution in [2.24, 2.45) is 16.7 Å². The summed E-state index contributed by atoms with van der Waals surface area (Å²) in [5.74, 6) is 0.378. The van der Waals surface area contributed by atoms with Crippen LogP contribution in [0.25, 0.3) is 0 Å². The standard InChI is InChI=1S/C10H17O4P/c1-9(2)7-3-4-10(9,8(11)5-7)6-15(12,13)14/h7H,3-6H2,1-2H3,(H2,12,13,14). The molecule has 86 valence electrons. The fraction of sp³-hybridized carbons (Fsp3) is 0.900. The zero-order valence-corrected chi connectivity index (χ0v) is 9.96. The molecule has 2 bridgehead atoms. The van der Waals surface area contributed by atoms with Crippen molar-refractivity contribution in [2.75, 3.05) is 6.16 Å². The number of Topliss-reactive ketones (excluding diaryl/α,β-unsaturated/α-hetero) is 1. The third kappa shape index (κ3) is 1.42. The number of hydrogen-bond donors (Lipinski definition) is 2. The Morgan fingerprint density at radius 1 is 1.47 bits per heavy atom. The van der Waals surface area contributed by atoms with E-state index in [0.29, 0.717) is 18.8 Å². The molecule has 2 unspecified atom stereocenters. The van der Waals surface area contributed by atoms with Gasteiger partial charge in [0.15, 0.2) is 0 Å². The molecule has 2 N–H and O–H groups in total. The Morgan fingerprint density at radius 3 is 2.40 bits per heavy atom. The number of fused-ring (bicyclic) bond motifs is 2. The van der Waals surface area contributed by atoms with E-state index in [1.54, 1.807) is 0 Å². The molecule has 0 aromatic carbocycles. The summed E-state index contributed by atoms with van der Waals surface area (Å²) < 4.78 is 11.1. The van der Waals surface area contributed by atoms with Crippen molar-refractivity contribution in [3.05, 3.63) is 0 Å². The van der Waals surface area contributed by atoms with Crippen molar-refractivity contribution in [1.29, 1.82) is 0 Å². The Morgan fingerprint density at radius 2 is 2.07 bits per heavy atom. The third-order valence-corrected chi connectivity index (χ3v) is 5.57. The highest BCUT2D eigenvalue weighted by Crippen LogP contribution is 2.67. The molecular formula is C10H17O4P. The molecular weight excluding hydrogens is 215 g/mol. The van der Waals surface area contributed by atoms with Crippen molar-refractivity contribution in [3.8, 4) is 0 Å². The van der Waals surface area contributed by atoms with Gasteiger partial charge in [-0.25, -0.2) is 0 Å². The maximum atomic E-state index is 11.9. The van der Waals surface area contributed by atoms with E-state index in [2.05, 4.69) is 0 Å². The van der Waals surface area contributed by atoms with Gasteiger partial charge in [0.1, 0.15) is 5.78 Å². The van der Waals surface area contributed by atoms with Crippen LogP contribution in [0.5, 0.6) is 0 Å². The maximum absolute atomic E-state index is 11.9. The number of ketones is 1. The van der Waals surface area contributed by atoms with Crippen LogP contribution in [0.3, 0.4) is 0 Å². The van der Waals surface area contributed by atoms with Crippen molar-refractivity contribution in [3.63, 3.8) is 0 Å². The van der Waals surface area contributed by atoms with E-state index in [-0.39, 0.29) is 17.4 Å². The van der Waals surface area contributed by atoms with E-state index in [0.717, 1.165) is 6.42 Å². The normalized spacial score (nSPS) is 38.7. The summed E-state index contributed by atoms with van der Waals surface area (Å²) in [6.07, 6.45) is 1.82. The first-order valence-electron chi connectivity index (χ1n) is 5.27. The van der Waals surface area contributed by atoms with Crippen LogP contribution in [0.2, 0.25) is 0 Å². The van der Waals surface area contributed by atoms with Gasteiger partial charge in [-0.1, -0.05) is 13.8 Å². The minimum Gasteiger partial charge on any atom is -0.324 e. The molecule has 0 aromatic heterocycles. The molecule has 0 radical (unpaired) electrons. The lowest BCUT2D eigenvalue weighted by Gasteiger charge is -2.36. The molecule has 5 heteroatoms. The average Bonchev–Trinajstić information content (AvgIpc) is 2.34. The van der Waals surface area contributed by atoms with Crippen LogP contribution < -0.4 is 0 Å². The molecule has 0 aliphatic heterocycles. The Kier molecular flexibility index (Phi) is 2.21. The number of carbonyl (C=O) groups excluding carboxylic acids is 1.